The van der Waals surface area contributed by atoms with Crippen LogP contribution < -0.4 is 14.8 Å². The zero-order valence-corrected chi connectivity index (χ0v) is 33.1. The lowest BCUT2D eigenvalue weighted by Crippen LogP contribution is -2.32. The lowest BCUT2D eigenvalue weighted by atomic mass is 9.82. The molecule has 0 bridgehead atoms. The molecule has 1 aromatic carbocycles. The van der Waals surface area contributed by atoms with Crippen molar-refractivity contribution in [3.05, 3.63) is 82.6 Å². The normalized spacial score (nSPS) is 17.3. The van der Waals surface area contributed by atoms with E-state index < -0.39 is 33.3 Å². The van der Waals surface area contributed by atoms with E-state index in [9.17, 15) is 27.4 Å². The molecular weight excluding hydrogens is 711 g/mol. The van der Waals surface area contributed by atoms with Gasteiger partial charge in [0.25, 0.3) is 11.8 Å². The van der Waals surface area contributed by atoms with E-state index >= 15 is 0 Å². The van der Waals surface area contributed by atoms with Gasteiger partial charge in [0, 0.05) is 61.3 Å². The maximum Gasteiger partial charge on any atom is 0.333 e. The third-order valence-corrected chi connectivity index (χ3v) is 10.8. The summed E-state index contributed by atoms with van der Waals surface area (Å²) in [6, 6.07) is 12.9. The van der Waals surface area contributed by atoms with Gasteiger partial charge >= 0.3 is 5.97 Å². The van der Waals surface area contributed by atoms with E-state index in [-0.39, 0.29) is 29.6 Å². The molecule has 4 aliphatic rings. The van der Waals surface area contributed by atoms with Gasteiger partial charge in [0.1, 0.15) is 34.8 Å². The third-order valence-electron chi connectivity index (χ3n) is 10.0. The number of nitrogens with zero attached hydrogens (tertiary/aromatic N) is 3. The SMILES string of the molecule is CC[N+](CCOC)=c1ccc2c(C(C)(C)C)cc(/C=C/C=C3/N(CCCCCC(=O)ON4C(=O)CCC4=O)c4ccc(S(=O)(=O)[O-])cc4C3(C)C)oc-2c1. The zero-order chi connectivity index (χ0) is 39.4. The van der Waals surface area contributed by atoms with E-state index in [0.717, 1.165) is 52.3 Å². The fourth-order valence-electron chi connectivity index (χ4n) is 7.07. The molecule has 0 saturated carbocycles. The molecule has 290 valence electrons. The minimum atomic E-state index is -4.67. The van der Waals surface area contributed by atoms with Crippen molar-refractivity contribution >= 4 is 39.7 Å². The fourth-order valence-corrected chi connectivity index (χ4v) is 7.57. The number of hydroxylamine groups is 2. The third kappa shape index (κ3) is 9.02. The number of amides is 2. The number of allylic oxidation sites excluding steroid dienone is 3. The summed E-state index contributed by atoms with van der Waals surface area (Å²) in [6.07, 6.45) is 7.76. The first kappa shape index (κ1) is 40.6. The predicted octanol–water partition coefficient (Wildman–Crippen LogP) is 5.89. The van der Waals surface area contributed by atoms with Gasteiger partial charge in [0.15, 0.2) is 6.54 Å². The summed E-state index contributed by atoms with van der Waals surface area (Å²) in [5.74, 6) is -0.223. The van der Waals surface area contributed by atoms with Gasteiger partial charge in [-0.05, 0) is 78.8 Å². The molecule has 0 atom stereocenters. The van der Waals surface area contributed by atoms with Crippen LogP contribution >= 0.6 is 0 Å². The summed E-state index contributed by atoms with van der Waals surface area (Å²) in [7, 11) is -2.98. The summed E-state index contributed by atoms with van der Waals surface area (Å²) >= 11 is 0. The van der Waals surface area contributed by atoms with Crippen LogP contribution in [0.25, 0.3) is 17.4 Å². The van der Waals surface area contributed by atoms with E-state index in [0.29, 0.717) is 43.2 Å². The van der Waals surface area contributed by atoms with Crippen LogP contribution in [0.3, 0.4) is 0 Å². The standard InChI is InChI=1S/C41H51N3O9S/c1-8-42(23-24-51-7)28-16-18-31-32(40(2,3)4)26-29(52-35(31)25-28)13-12-14-36-41(5,6)33-27-30(54(48,49)50)17-19-34(33)43(36)22-11-9-10-15-39(47)53-44-37(45)20-21-38(44)46/h12-14,16-19,25-27H,8-11,15,20-24H2,1-7H3. The van der Waals surface area contributed by atoms with Crippen molar-refractivity contribution in [3.8, 4) is 11.3 Å². The predicted molar refractivity (Wildman–Crippen MR) is 204 cm³/mol. The van der Waals surface area contributed by atoms with Gasteiger partial charge < -0.3 is 23.4 Å². The zero-order valence-electron chi connectivity index (χ0n) is 32.3. The number of carbonyl (C=O) groups excluding carboxylic acids is 3. The summed E-state index contributed by atoms with van der Waals surface area (Å²) < 4.78 is 50.1. The molecule has 3 heterocycles. The monoisotopic (exact) mass is 761 g/mol. The van der Waals surface area contributed by atoms with Crippen molar-refractivity contribution in [2.45, 2.75) is 95.8 Å². The smallest absolute Gasteiger partial charge is 0.333 e. The molecule has 0 N–H and O–H groups in total. The Bertz CT molecular complexity index is 2110. The molecule has 54 heavy (non-hydrogen) atoms. The number of hydrogen-bond donors (Lipinski definition) is 0. The molecule has 3 aliphatic heterocycles. The number of hydrogen-bond acceptors (Lipinski definition) is 10. The molecule has 0 spiro atoms. The Labute approximate surface area is 317 Å². The van der Waals surface area contributed by atoms with Crippen molar-refractivity contribution in [3.63, 3.8) is 0 Å². The van der Waals surface area contributed by atoms with Crippen molar-refractivity contribution < 1.29 is 41.3 Å². The number of imide groups is 1. The quantitative estimate of drug-likeness (QED) is 0.0843. The molecule has 1 aromatic rings. The van der Waals surface area contributed by atoms with Crippen LogP contribution in [0.1, 0.15) is 97.0 Å². The lowest BCUT2D eigenvalue weighted by molar-refractivity contribution is -0.197. The average molecular weight is 762 g/mol. The number of carbonyl (C=O) groups is 3. The van der Waals surface area contributed by atoms with Gasteiger partial charge in [-0.15, -0.1) is 5.06 Å². The van der Waals surface area contributed by atoms with Gasteiger partial charge in [-0.1, -0.05) is 47.1 Å². The van der Waals surface area contributed by atoms with Gasteiger partial charge in [-0.25, -0.2) is 17.8 Å². The molecule has 13 heteroatoms. The number of methoxy groups -OCH3 is 1. The van der Waals surface area contributed by atoms with Crippen molar-refractivity contribution in [2.75, 3.05) is 38.3 Å². The number of ether oxygens (including phenoxy) is 1. The lowest BCUT2D eigenvalue weighted by Gasteiger charge is -2.27. The highest BCUT2D eigenvalue weighted by molar-refractivity contribution is 7.85. The topological polar surface area (TPSA) is 150 Å². The van der Waals surface area contributed by atoms with Crippen LogP contribution in [0, 0.1) is 0 Å². The Balaban J connectivity index is 1.43. The van der Waals surface area contributed by atoms with Crippen molar-refractivity contribution in [1.82, 2.24) is 9.64 Å². The minimum absolute atomic E-state index is 0.0382. The average Bonchev–Trinajstić information content (AvgIpc) is 3.53. The second kappa shape index (κ2) is 16.4. The van der Waals surface area contributed by atoms with Crippen LogP contribution in [0.2, 0.25) is 0 Å². The van der Waals surface area contributed by atoms with E-state index in [1.54, 1.807) is 13.2 Å². The largest absolute Gasteiger partial charge is 0.744 e. The molecular formula is C41H51N3O9S. The minimum Gasteiger partial charge on any atom is -0.744 e. The Morgan fingerprint density at radius 3 is 2.41 bits per heavy atom. The van der Waals surface area contributed by atoms with Gasteiger partial charge in [0.2, 0.25) is 5.36 Å². The van der Waals surface area contributed by atoms with Crippen LogP contribution in [-0.2, 0) is 44.9 Å². The molecule has 2 amide bonds. The summed E-state index contributed by atoms with van der Waals surface area (Å²) in [5, 5.41) is 1.60. The van der Waals surface area contributed by atoms with E-state index in [2.05, 4.69) is 61.4 Å². The second-order valence-corrected chi connectivity index (χ2v) is 16.6. The molecule has 0 unspecified atom stereocenters. The molecule has 12 nitrogen and oxygen atoms in total. The van der Waals surface area contributed by atoms with Crippen LogP contribution in [0.15, 0.2) is 69.6 Å². The highest BCUT2D eigenvalue weighted by Gasteiger charge is 2.40. The van der Waals surface area contributed by atoms with Gasteiger partial charge in [-0.3, -0.25) is 9.59 Å². The van der Waals surface area contributed by atoms with Crippen LogP contribution in [0.5, 0.6) is 0 Å². The van der Waals surface area contributed by atoms with Gasteiger partial charge in [-0.2, -0.15) is 0 Å². The Morgan fingerprint density at radius 2 is 1.76 bits per heavy atom. The van der Waals surface area contributed by atoms with Crippen molar-refractivity contribution in [2.24, 2.45) is 0 Å². The molecule has 1 saturated heterocycles. The second-order valence-electron chi connectivity index (χ2n) is 15.2. The number of rotatable bonds is 14. The highest BCUT2D eigenvalue weighted by atomic mass is 32.2. The van der Waals surface area contributed by atoms with E-state index in [1.807, 2.05) is 32.1 Å². The number of likely N-dealkylation sites (N-methyl/N-ethyl adjacent to an activating group) is 1. The Morgan fingerprint density at radius 1 is 1.04 bits per heavy atom. The number of unbranched alkanes of at least 4 members (excludes halogenated alkanes) is 2. The number of fused-ring (bicyclic) bond motifs is 2. The number of anilines is 1. The molecule has 5 rings (SSSR count). The van der Waals surface area contributed by atoms with Crippen LogP contribution in [0.4, 0.5) is 5.69 Å². The molecule has 0 radical (unpaired) electrons. The number of benzene rings is 2. The highest BCUT2D eigenvalue weighted by Crippen LogP contribution is 2.48. The van der Waals surface area contributed by atoms with Crippen molar-refractivity contribution in [1.29, 1.82) is 0 Å². The first-order valence-electron chi connectivity index (χ1n) is 18.4. The summed E-state index contributed by atoms with van der Waals surface area (Å²) in [5.41, 5.74) is 3.78. The summed E-state index contributed by atoms with van der Waals surface area (Å²) in [6.45, 7) is 15.3. The van der Waals surface area contributed by atoms with Gasteiger partial charge in [0.05, 0.1) is 11.0 Å². The van der Waals surface area contributed by atoms with E-state index in [1.165, 1.54) is 12.1 Å². The maximum atomic E-state index is 12.3. The first-order chi connectivity index (χ1) is 25.4. The first-order valence-corrected chi connectivity index (χ1v) is 19.8. The Hall–Kier alpha value is -4.59. The molecule has 1 aliphatic carbocycles. The van der Waals surface area contributed by atoms with E-state index in [4.69, 9.17) is 14.0 Å². The van der Waals surface area contributed by atoms with Crippen LogP contribution in [-0.4, -0.2) is 69.2 Å². The Kier molecular flexibility index (Phi) is 12.3. The summed E-state index contributed by atoms with van der Waals surface area (Å²) in [4.78, 5) is 42.7. The molecule has 0 aromatic heterocycles. The fraction of sp³-hybridized carbons (Fsp3) is 0.463. The molecule has 1 fully saturated rings. The maximum absolute atomic E-state index is 12.3.